The average molecular weight is 244 g/mol. The predicted octanol–water partition coefficient (Wildman–Crippen LogP) is 1.42. The summed E-state index contributed by atoms with van der Waals surface area (Å²) in [5, 5.41) is 0. The van der Waals surface area contributed by atoms with Crippen LogP contribution in [-0.2, 0) is 4.74 Å². The first-order valence-electron chi connectivity index (χ1n) is 5.50. The van der Waals surface area contributed by atoms with E-state index in [1.54, 1.807) is 32.3 Å². The number of ether oxygens (including phenoxy) is 1. The monoisotopic (exact) mass is 244 g/mol. The second kappa shape index (κ2) is 5.31. The van der Waals surface area contributed by atoms with Gasteiger partial charge in [-0.05, 0) is 19.9 Å². The number of aromatic nitrogens is 4. The molecule has 2 aromatic rings. The largest absolute Gasteiger partial charge is 0.462 e. The lowest BCUT2D eigenvalue weighted by atomic mass is 10.2. The van der Waals surface area contributed by atoms with E-state index in [1.165, 1.54) is 6.20 Å². The number of carbonyl (C=O) groups excluding carboxylic acids is 1. The van der Waals surface area contributed by atoms with Gasteiger partial charge >= 0.3 is 5.97 Å². The quantitative estimate of drug-likeness (QED) is 0.760. The predicted molar refractivity (Wildman–Crippen MR) is 63.8 cm³/mol. The third-order valence-corrected chi connectivity index (χ3v) is 2.24. The standard InChI is InChI=1S/C12H12N4O2/c1-3-18-12(17)9-7-15-11(16-8(9)2)10-13-5-4-6-14-10/h4-7H,3H2,1-2H3. The first-order valence-corrected chi connectivity index (χ1v) is 5.50. The first kappa shape index (κ1) is 12.1. The molecule has 0 fully saturated rings. The van der Waals surface area contributed by atoms with Crippen LogP contribution in [0.25, 0.3) is 11.6 Å². The number of esters is 1. The van der Waals surface area contributed by atoms with Crippen molar-refractivity contribution < 1.29 is 9.53 Å². The van der Waals surface area contributed by atoms with Crippen LogP contribution in [0, 0.1) is 6.92 Å². The zero-order valence-electron chi connectivity index (χ0n) is 10.1. The summed E-state index contributed by atoms with van der Waals surface area (Å²) in [6.45, 7) is 3.79. The van der Waals surface area contributed by atoms with Crippen molar-refractivity contribution in [1.29, 1.82) is 0 Å². The molecule has 0 saturated heterocycles. The molecule has 0 spiro atoms. The van der Waals surface area contributed by atoms with Crippen LogP contribution in [0.3, 0.4) is 0 Å². The van der Waals surface area contributed by atoms with Gasteiger partial charge in [0.2, 0.25) is 0 Å². The molecule has 0 bridgehead atoms. The Labute approximate surface area is 104 Å². The number of aryl methyl sites for hydroxylation is 1. The van der Waals surface area contributed by atoms with Gasteiger partial charge in [0.1, 0.15) is 0 Å². The fraction of sp³-hybridized carbons (Fsp3) is 0.250. The van der Waals surface area contributed by atoms with Crippen LogP contribution in [0.2, 0.25) is 0 Å². The molecule has 18 heavy (non-hydrogen) atoms. The van der Waals surface area contributed by atoms with E-state index in [0.717, 1.165) is 0 Å². The van der Waals surface area contributed by atoms with Gasteiger partial charge in [0.15, 0.2) is 11.6 Å². The highest BCUT2D eigenvalue weighted by atomic mass is 16.5. The van der Waals surface area contributed by atoms with Crippen molar-refractivity contribution >= 4 is 5.97 Å². The normalized spacial score (nSPS) is 10.1. The summed E-state index contributed by atoms with van der Waals surface area (Å²) >= 11 is 0. The van der Waals surface area contributed by atoms with Gasteiger partial charge in [0.05, 0.1) is 17.9 Å². The molecule has 0 aliphatic heterocycles. The summed E-state index contributed by atoms with van der Waals surface area (Å²) in [7, 11) is 0. The van der Waals surface area contributed by atoms with Crippen molar-refractivity contribution in [3.8, 4) is 11.6 Å². The molecule has 0 saturated carbocycles. The summed E-state index contributed by atoms with van der Waals surface area (Å²) < 4.78 is 4.90. The molecule has 0 amide bonds. The highest BCUT2D eigenvalue weighted by Crippen LogP contribution is 2.11. The summed E-state index contributed by atoms with van der Waals surface area (Å²) in [6, 6.07) is 1.71. The van der Waals surface area contributed by atoms with Gasteiger partial charge < -0.3 is 4.74 Å². The Bertz CT molecular complexity index is 557. The zero-order valence-corrected chi connectivity index (χ0v) is 10.1. The molecule has 0 atom stereocenters. The van der Waals surface area contributed by atoms with Crippen LogP contribution in [0.5, 0.6) is 0 Å². The number of hydrogen-bond acceptors (Lipinski definition) is 6. The molecule has 6 heteroatoms. The number of nitrogens with zero attached hydrogens (tertiary/aromatic N) is 4. The van der Waals surface area contributed by atoms with Crippen molar-refractivity contribution in [2.24, 2.45) is 0 Å². The van der Waals surface area contributed by atoms with E-state index in [2.05, 4.69) is 19.9 Å². The van der Waals surface area contributed by atoms with E-state index in [9.17, 15) is 4.79 Å². The first-order chi connectivity index (χ1) is 8.72. The number of hydrogen-bond donors (Lipinski definition) is 0. The number of carbonyl (C=O) groups is 1. The Kier molecular flexibility index (Phi) is 3.57. The average Bonchev–Trinajstić information content (AvgIpc) is 2.40. The summed E-state index contributed by atoms with van der Waals surface area (Å²) in [4.78, 5) is 28.0. The maximum Gasteiger partial charge on any atom is 0.341 e. The molecule has 6 nitrogen and oxygen atoms in total. The van der Waals surface area contributed by atoms with Gasteiger partial charge in [0, 0.05) is 18.6 Å². The van der Waals surface area contributed by atoms with E-state index >= 15 is 0 Å². The van der Waals surface area contributed by atoms with Gasteiger partial charge in [-0.1, -0.05) is 0 Å². The van der Waals surface area contributed by atoms with Crippen LogP contribution in [0.1, 0.15) is 23.0 Å². The van der Waals surface area contributed by atoms with Crippen molar-refractivity contribution in [2.75, 3.05) is 6.61 Å². The molecule has 92 valence electrons. The number of rotatable bonds is 3. The van der Waals surface area contributed by atoms with Crippen molar-refractivity contribution in [1.82, 2.24) is 19.9 Å². The molecule has 0 N–H and O–H groups in total. The minimum absolute atomic E-state index is 0.321. The van der Waals surface area contributed by atoms with Gasteiger partial charge in [-0.15, -0.1) is 0 Å². The third kappa shape index (κ3) is 2.48. The highest BCUT2D eigenvalue weighted by Gasteiger charge is 2.14. The second-order valence-electron chi connectivity index (χ2n) is 3.49. The topological polar surface area (TPSA) is 77.9 Å². The van der Waals surface area contributed by atoms with Gasteiger partial charge in [-0.25, -0.2) is 24.7 Å². The lowest BCUT2D eigenvalue weighted by Gasteiger charge is -2.05. The van der Waals surface area contributed by atoms with E-state index in [0.29, 0.717) is 29.5 Å². The molecule has 0 unspecified atom stereocenters. The van der Waals surface area contributed by atoms with Gasteiger partial charge in [-0.2, -0.15) is 0 Å². The minimum Gasteiger partial charge on any atom is -0.462 e. The van der Waals surface area contributed by atoms with E-state index in [1.807, 2.05) is 0 Å². The molecular formula is C12H12N4O2. The fourth-order valence-electron chi connectivity index (χ4n) is 1.40. The van der Waals surface area contributed by atoms with Gasteiger partial charge in [0.25, 0.3) is 0 Å². The molecule has 0 aliphatic rings. The molecule has 2 heterocycles. The Balaban J connectivity index is 2.34. The molecule has 0 radical (unpaired) electrons. The SMILES string of the molecule is CCOC(=O)c1cnc(-c2ncccn2)nc1C. The van der Waals surface area contributed by atoms with Crippen LogP contribution in [0.15, 0.2) is 24.7 Å². The van der Waals surface area contributed by atoms with Crippen molar-refractivity contribution in [2.45, 2.75) is 13.8 Å². The van der Waals surface area contributed by atoms with E-state index in [4.69, 9.17) is 4.74 Å². The second-order valence-corrected chi connectivity index (χ2v) is 3.49. The smallest absolute Gasteiger partial charge is 0.341 e. The van der Waals surface area contributed by atoms with Crippen LogP contribution >= 0.6 is 0 Å². The van der Waals surface area contributed by atoms with Gasteiger partial charge in [-0.3, -0.25) is 0 Å². The Morgan fingerprint density at radius 2 is 1.94 bits per heavy atom. The minimum atomic E-state index is -0.421. The molecule has 2 rings (SSSR count). The third-order valence-electron chi connectivity index (χ3n) is 2.24. The van der Waals surface area contributed by atoms with Crippen molar-refractivity contribution in [3.05, 3.63) is 35.9 Å². The molecule has 0 aliphatic carbocycles. The maximum atomic E-state index is 11.6. The summed E-state index contributed by atoms with van der Waals surface area (Å²) in [6.07, 6.45) is 4.66. The van der Waals surface area contributed by atoms with Crippen LogP contribution in [-0.4, -0.2) is 32.5 Å². The zero-order chi connectivity index (χ0) is 13.0. The van der Waals surface area contributed by atoms with Crippen LogP contribution < -0.4 is 0 Å². The Morgan fingerprint density at radius 3 is 2.56 bits per heavy atom. The van der Waals surface area contributed by atoms with Crippen molar-refractivity contribution in [3.63, 3.8) is 0 Å². The Hall–Kier alpha value is -2.37. The highest BCUT2D eigenvalue weighted by molar-refractivity contribution is 5.90. The molecular weight excluding hydrogens is 232 g/mol. The summed E-state index contributed by atoms with van der Waals surface area (Å²) in [5.74, 6) is 0.396. The van der Waals surface area contributed by atoms with E-state index in [-0.39, 0.29) is 0 Å². The fourth-order valence-corrected chi connectivity index (χ4v) is 1.40. The molecule has 0 aromatic carbocycles. The van der Waals surface area contributed by atoms with E-state index < -0.39 is 5.97 Å². The summed E-state index contributed by atoms with van der Waals surface area (Å²) in [5.41, 5.74) is 0.905. The lowest BCUT2D eigenvalue weighted by molar-refractivity contribution is 0.0524. The maximum absolute atomic E-state index is 11.6. The molecule has 2 aromatic heterocycles. The van der Waals surface area contributed by atoms with Crippen LogP contribution in [0.4, 0.5) is 0 Å². The lowest BCUT2D eigenvalue weighted by Crippen LogP contribution is -2.09. The Morgan fingerprint density at radius 1 is 1.22 bits per heavy atom.